The molecule has 1 aliphatic heterocycles. The highest BCUT2D eigenvalue weighted by Crippen LogP contribution is 2.25. The van der Waals surface area contributed by atoms with E-state index >= 15 is 0 Å². The van der Waals surface area contributed by atoms with E-state index in [9.17, 15) is 17.6 Å². The van der Waals surface area contributed by atoms with Crippen molar-refractivity contribution in [3.8, 4) is 5.75 Å². The summed E-state index contributed by atoms with van der Waals surface area (Å²) >= 11 is 0. The number of benzene rings is 2. The predicted molar refractivity (Wildman–Crippen MR) is 99.6 cm³/mol. The van der Waals surface area contributed by atoms with Crippen molar-refractivity contribution >= 4 is 15.9 Å². The maximum Gasteiger partial charge on any atom is 0.254 e. The van der Waals surface area contributed by atoms with Gasteiger partial charge in [0.15, 0.2) is 0 Å². The Morgan fingerprint density at radius 2 is 2.00 bits per heavy atom. The van der Waals surface area contributed by atoms with E-state index in [1.165, 1.54) is 22.5 Å². The van der Waals surface area contributed by atoms with Gasteiger partial charge in [0.25, 0.3) is 5.91 Å². The summed E-state index contributed by atoms with van der Waals surface area (Å²) in [6.07, 6.45) is 0.605. The molecule has 6 nitrogen and oxygen atoms in total. The quantitative estimate of drug-likeness (QED) is 0.815. The van der Waals surface area contributed by atoms with Crippen molar-refractivity contribution in [3.05, 3.63) is 65.0 Å². The Morgan fingerprint density at radius 1 is 1.22 bits per heavy atom. The van der Waals surface area contributed by atoms with Gasteiger partial charge in [-0.25, -0.2) is 12.8 Å². The zero-order valence-electron chi connectivity index (χ0n) is 14.9. The topological polar surface area (TPSA) is 75.7 Å². The molecule has 0 fully saturated rings. The number of nitrogens with one attached hydrogen (secondary N) is 1. The zero-order valence-corrected chi connectivity index (χ0v) is 15.8. The minimum Gasteiger partial charge on any atom is -0.497 e. The van der Waals surface area contributed by atoms with Gasteiger partial charge in [0.05, 0.1) is 18.4 Å². The second-order valence-electron chi connectivity index (χ2n) is 6.27. The molecular weight excluding hydrogens is 371 g/mol. The normalized spacial score (nSPS) is 14.4. The lowest BCUT2D eigenvalue weighted by molar-refractivity contribution is 0.0952. The lowest BCUT2D eigenvalue weighted by Crippen LogP contribution is -2.40. The fourth-order valence-corrected chi connectivity index (χ4v) is 4.35. The molecule has 27 heavy (non-hydrogen) atoms. The average molecular weight is 392 g/mol. The van der Waals surface area contributed by atoms with Crippen molar-refractivity contribution in [2.75, 3.05) is 26.0 Å². The lowest BCUT2D eigenvalue weighted by atomic mass is 10.0. The fourth-order valence-electron chi connectivity index (χ4n) is 3.03. The highest BCUT2D eigenvalue weighted by Gasteiger charge is 2.27. The molecule has 144 valence electrons. The summed E-state index contributed by atoms with van der Waals surface area (Å²) in [4.78, 5) is 12.0. The summed E-state index contributed by atoms with van der Waals surface area (Å²) in [5, 5.41) is 2.47. The number of amides is 1. The number of methoxy groups -OCH3 is 1. The number of hydrogen-bond acceptors (Lipinski definition) is 4. The first-order valence-corrected chi connectivity index (χ1v) is 10.2. The van der Waals surface area contributed by atoms with Gasteiger partial charge < -0.3 is 10.1 Å². The van der Waals surface area contributed by atoms with Gasteiger partial charge in [0, 0.05) is 19.6 Å². The molecule has 0 spiro atoms. The number of halogens is 1. The molecule has 0 aliphatic carbocycles. The van der Waals surface area contributed by atoms with E-state index in [-0.39, 0.29) is 17.9 Å². The summed E-state index contributed by atoms with van der Waals surface area (Å²) < 4.78 is 45.4. The Kier molecular flexibility index (Phi) is 5.76. The molecule has 2 aromatic carbocycles. The fraction of sp³-hybridized carbons (Fsp3) is 0.316. The van der Waals surface area contributed by atoms with Gasteiger partial charge in [-0.05, 0) is 41.8 Å². The molecule has 0 bridgehead atoms. The molecule has 0 saturated carbocycles. The Hall–Kier alpha value is -2.45. The number of fused-ring (bicyclic) bond motifs is 1. The molecular formula is C19H21FN2O4S. The maximum absolute atomic E-state index is 13.6. The van der Waals surface area contributed by atoms with E-state index in [1.807, 2.05) is 18.2 Å². The van der Waals surface area contributed by atoms with Crippen LogP contribution >= 0.6 is 0 Å². The third kappa shape index (κ3) is 4.45. The van der Waals surface area contributed by atoms with Crippen molar-refractivity contribution in [3.63, 3.8) is 0 Å². The summed E-state index contributed by atoms with van der Waals surface area (Å²) in [5.41, 5.74) is 1.92. The van der Waals surface area contributed by atoms with Crippen LogP contribution in [0.2, 0.25) is 0 Å². The van der Waals surface area contributed by atoms with Gasteiger partial charge in [-0.1, -0.05) is 18.2 Å². The first kappa shape index (κ1) is 19.3. The van der Waals surface area contributed by atoms with E-state index in [0.717, 1.165) is 16.9 Å². The molecule has 0 aromatic heterocycles. The van der Waals surface area contributed by atoms with E-state index in [4.69, 9.17) is 4.74 Å². The first-order chi connectivity index (χ1) is 12.9. The number of carbonyl (C=O) groups is 1. The van der Waals surface area contributed by atoms with Crippen LogP contribution in [0.15, 0.2) is 42.5 Å². The Bertz CT molecular complexity index is 946. The first-order valence-electron chi connectivity index (χ1n) is 8.57. The zero-order chi connectivity index (χ0) is 19.4. The van der Waals surface area contributed by atoms with Crippen molar-refractivity contribution in [1.82, 2.24) is 9.62 Å². The van der Waals surface area contributed by atoms with Crippen molar-refractivity contribution in [2.24, 2.45) is 0 Å². The minimum absolute atomic E-state index is 0.0819. The number of hydrogen-bond donors (Lipinski definition) is 1. The van der Waals surface area contributed by atoms with Crippen LogP contribution in [-0.4, -0.2) is 44.6 Å². The van der Waals surface area contributed by atoms with Crippen LogP contribution in [0, 0.1) is 5.82 Å². The Morgan fingerprint density at radius 3 is 2.74 bits per heavy atom. The number of carbonyl (C=O) groups excluding carboxylic acids is 1. The van der Waals surface area contributed by atoms with E-state index < -0.39 is 21.7 Å². The van der Waals surface area contributed by atoms with E-state index in [1.54, 1.807) is 13.2 Å². The molecule has 0 saturated heterocycles. The van der Waals surface area contributed by atoms with Gasteiger partial charge >= 0.3 is 0 Å². The molecule has 1 N–H and O–H groups in total. The number of sulfonamides is 1. The van der Waals surface area contributed by atoms with Gasteiger partial charge in [0.2, 0.25) is 10.0 Å². The summed E-state index contributed by atoms with van der Waals surface area (Å²) in [7, 11) is -1.94. The molecule has 2 aromatic rings. The van der Waals surface area contributed by atoms with Crippen LogP contribution < -0.4 is 10.1 Å². The highest BCUT2D eigenvalue weighted by atomic mass is 32.2. The van der Waals surface area contributed by atoms with Crippen LogP contribution in [-0.2, 0) is 23.0 Å². The van der Waals surface area contributed by atoms with Gasteiger partial charge in [-0.3, -0.25) is 4.79 Å². The number of nitrogens with zero attached hydrogens (tertiary/aromatic N) is 1. The summed E-state index contributed by atoms with van der Waals surface area (Å²) in [5.74, 6) is -0.750. The molecule has 8 heteroatoms. The summed E-state index contributed by atoms with van der Waals surface area (Å²) in [6.45, 7) is 0.591. The second-order valence-corrected chi connectivity index (χ2v) is 8.36. The van der Waals surface area contributed by atoms with E-state index in [2.05, 4.69) is 5.32 Å². The molecule has 3 rings (SSSR count). The standard InChI is InChI=1S/C19H21FN2O4S/c1-26-16-7-6-15-13-22(10-8-14(15)12-16)27(24,25)11-9-21-19(23)17-4-2-3-5-18(17)20/h2-7,12H,8-11,13H2,1H3,(H,21,23). The number of ether oxygens (including phenoxy) is 1. The predicted octanol–water partition coefficient (Wildman–Crippen LogP) is 1.95. The lowest BCUT2D eigenvalue weighted by Gasteiger charge is -2.28. The molecule has 1 amide bonds. The third-order valence-corrected chi connectivity index (χ3v) is 6.37. The minimum atomic E-state index is -3.54. The van der Waals surface area contributed by atoms with Gasteiger partial charge in [-0.2, -0.15) is 4.31 Å². The SMILES string of the molecule is COc1ccc2c(c1)CCN(S(=O)(=O)CCNC(=O)c1ccccc1F)C2. The number of rotatable bonds is 6. The van der Waals surface area contributed by atoms with Crippen LogP contribution in [0.4, 0.5) is 4.39 Å². The molecule has 0 atom stereocenters. The molecule has 1 aliphatic rings. The second kappa shape index (κ2) is 8.06. The highest BCUT2D eigenvalue weighted by molar-refractivity contribution is 7.89. The molecule has 1 heterocycles. The third-order valence-electron chi connectivity index (χ3n) is 4.55. The average Bonchev–Trinajstić information content (AvgIpc) is 2.67. The van der Waals surface area contributed by atoms with Crippen molar-refractivity contribution < 1.29 is 22.3 Å². The molecule has 0 unspecified atom stereocenters. The Labute approximate surface area is 158 Å². The maximum atomic E-state index is 13.6. The summed E-state index contributed by atoms with van der Waals surface area (Å²) in [6, 6.07) is 11.2. The van der Waals surface area contributed by atoms with Crippen LogP contribution in [0.1, 0.15) is 21.5 Å². The monoisotopic (exact) mass is 392 g/mol. The Balaban J connectivity index is 1.59. The van der Waals surface area contributed by atoms with Crippen LogP contribution in [0.25, 0.3) is 0 Å². The van der Waals surface area contributed by atoms with Gasteiger partial charge in [-0.15, -0.1) is 0 Å². The van der Waals surface area contributed by atoms with Crippen molar-refractivity contribution in [2.45, 2.75) is 13.0 Å². The van der Waals surface area contributed by atoms with Crippen LogP contribution in [0.5, 0.6) is 5.75 Å². The smallest absolute Gasteiger partial charge is 0.254 e. The largest absolute Gasteiger partial charge is 0.497 e. The molecule has 0 radical (unpaired) electrons. The van der Waals surface area contributed by atoms with Crippen LogP contribution in [0.3, 0.4) is 0 Å². The van der Waals surface area contributed by atoms with E-state index in [0.29, 0.717) is 19.5 Å². The van der Waals surface area contributed by atoms with Crippen molar-refractivity contribution in [1.29, 1.82) is 0 Å². The van der Waals surface area contributed by atoms with Gasteiger partial charge in [0.1, 0.15) is 11.6 Å².